The van der Waals surface area contributed by atoms with Gasteiger partial charge >= 0.3 is 0 Å². The molecule has 0 saturated carbocycles. The average Bonchev–Trinajstić information content (AvgIpc) is 3.15. The second-order valence-electron chi connectivity index (χ2n) is 5.96. The second kappa shape index (κ2) is 8.91. The maximum atomic E-state index is 12.1. The number of ether oxygens (including phenoxy) is 3. The Labute approximate surface area is 156 Å². The first-order valence-electron chi connectivity index (χ1n) is 8.47. The van der Waals surface area contributed by atoms with E-state index in [2.05, 4.69) is 10.5 Å². The lowest BCUT2D eigenvalue weighted by Crippen LogP contribution is -2.35. The fourth-order valence-corrected chi connectivity index (χ4v) is 2.83. The van der Waals surface area contributed by atoms with Gasteiger partial charge in [-0.25, -0.2) is 0 Å². The lowest BCUT2D eigenvalue weighted by molar-refractivity contribution is 0.0168. The number of rotatable bonds is 7. The number of nitrogens with one attached hydrogen (secondary N) is 1. The van der Waals surface area contributed by atoms with Crippen molar-refractivity contribution in [2.45, 2.75) is 32.0 Å². The molecule has 26 heavy (non-hydrogen) atoms. The maximum Gasteiger partial charge on any atom is 0.273 e. The fourth-order valence-electron chi connectivity index (χ4n) is 2.66. The molecule has 1 aliphatic heterocycles. The van der Waals surface area contributed by atoms with Crippen LogP contribution in [0.3, 0.4) is 0 Å². The lowest BCUT2D eigenvalue weighted by atomic mass is 10.1. The van der Waals surface area contributed by atoms with Crippen molar-refractivity contribution in [1.82, 2.24) is 10.5 Å². The van der Waals surface area contributed by atoms with Crippen LogP contribution in [0.15, 0.2) is 28.8 Å². The molecule has 2 heterocycles. The molecule has 1 atom stereocenters. The minimum Gasteiger partial charge on any atom is -0.493 e. The van der Waals surface area contributed by atoms with Crippen molar-refractivity contribution in [3.05, 3.63) is 40.7 Å². The lowest BCUT2D eigenvalue weighted by Gasteiger charge is -2.22. The first-order chi connectivity index (χ1) is 12.7. The number of benzene rings is 1. The van der Waals surface area contributed by atoms with E-state index in [9.17, 15) is 4.79 Å². The Balaban J connectivity index is 1.52. The zero-order valence-electron chi connectivity index (χ0n) is 14.5. The molecular formula is C18H21ClN2O5. The fraction of sp³-hybridized carbons (Fsp3) is 0.444. The number of methoxy groups -OCH3 is 1. The van der Waals surface area contributed by atoms with Crippen molar-refractivity contribution in [2.24, 2.45) is 0 Å². The van der Waals surface area contributed by atoms with Gasteiger partial charge in [-0.2, -0.15) is 0 Å². The van der Waals surface area contributed by atoms with Crippen LogP contribution in [-0.4, -0.2) is 37.4 Å². The highest BCUT2D eigenvalue weighted by Crippen LogP contribution is 2.30. The summed E-state index contributed by atoms with van der Waals surface area (Å²) in [4.78, 5) is 12.1. The third-order valence-electron chi connectivity index (χ3n) is 4.05. The summed E-state index contributed by atoms with van der Waals surface area (Å²) < 4.78 is 21.6. The van der Waals surface area contributed by atoms with Crippen LogP contribution >= 0.6 is 11.6 Å². The summed E-state index contributed by atoms with van der Waals surface area (Å²) in [6.07, 6.45) is 3.23. The third kappa shape index (κ3) is 4.89. The summed E-state index contributed by atoms with van der Waals surface area (Å²) in [7, 11) is 1.53. The number of amides is 1. The van der Waals surface area contributed by atoms with E-state index in [1.54, 1.807) is 24.3 Å². The Kier molecular flexibility index (Phi) is 6.35. The molecule has 1 aromatic heterocycles. The summed E-state index contributed by atoms with van der Waals surface area (Å²) in [6.45, 7) is 1.34. The SMILES string of the molecule is COc1cc(Cl)ccc1OCc1cc(C(=O)NCC2CCCCO2)no1. The van der Waals surface area contributed by atoms with Gasteiger partial charge in [0, 0.05) is 30.3 Å². The molecule has 8 heteroatoms. The molecule has 1 unspecified atom stereocenters. The van der Waals surface area contributed by atoms with Gasteiger partial charge in [0.2, 0.25) is 0 Å². The van der Waals surface area contributed by atoms with E-state index in [1.165, 1.54) is 7.11 Å². The zero-order valence-corrected chi connectivity index (χ0v) is 15.3. The summed E-state index contributed by atoms with van der Waals surface area (Å²) in [5.74, 6) is 1.18. The first kappa shape index (κ1) is 18.5. The van der Waals surface area contributed by atoms with Gasteiger partial charge in [0.25, 0.3) is 5.91 Å². The second-order valence-corrected chi connectivity index (χ2v) is 6.40. The number of nitrogens with zero attached hydrogens (tertiary/aromatic N) is 1. The average molecular weight is 381 g/mol. The monoisotopic (exact) mass is 380 g/mol. The van der Waals surface area contributed by atoms with E-state index < -0.39 is 0 Å². The minimum absolute atomic E-state index is 0.0692. The van der Waals surface area contributed by atoms with E-state index in [-0.39, 0.29) is 24.3 Å². The van der Waals surface area contributed by atoms with Crippen LogP contribution < -0.4 is 14.8 Å². The predicted molar refractivity (Wildman–Crippen MR) is 94.8 cm³/mol. The van der Waals surface area contributed by atoms with Crippen molar-refractivity contribution in [3.63, 3.8) is 0 Å². The molecule has 1 amide bonds. The molecule has 1 fully saturated rings. The van der Waals surface area contributed by atoms with Crippen LogP contribution in [0, 0.1) is 0 Å². The van der Waals surface area contributed by atoms with Gasteiger partial charge in [0.05, 0.1) is 13.2 Å². The van der Waals surface area contributed by atoms with Gasteiger partial charge in [0.15, 0.2) is 23.0 Å². The summed E-state index contributed by atoms with van der Waals surface area (Å²) in [5, 5.41) is 7.16. The first-order valence-corrected chi connectivity index (χ1v) is 8.85. The van der Waals surface area contributed by atoms with Gasteiger partial charge < -0.3 is 24.1 Å². The van der Waals surface area contributed by atoms with Crippen LogP contribution in [0.5, 0.6) is 11.5 Å². The molecule has 7 nitrogen and oxygen atoms in total. The van der Waals surface area contributed by atoms with Crippen molar-refractivity contribution >= 4 is 17.5 Å². The number of carbonyl (C=O) groups is 1. The predicted octanol–water partition coefficient (Wildman–Crippen LogP) is 3.21. The van der Waals surface area contributed by atoms with Gasteiger partial charge in [-0.05, 0) is 31.4 Å². The summed E-state index contributed by atoms with van der Waals surface area (Å²) in [6, 6.07) is 6.62. The number of hydrogen-bond acceptors (Lipinski definition) is 6. The molecule has 2 aromatic rings. The molecule has 3 rings (SSSR count). The molecular weight excluding hydrogens is 360 g/mol. The molecule has 1 aromatic carbocycles. The van der Waals surface area contributed by atoms with Crippen molar-refractivity contribution in [2.75, 3.05) is 20.3 Å². The topological polar surface area (TPSA) is 82.8 Å². The van der Waals surface area contributed by atoms with Crippen molar-refractivity contribution in [1.29, 1.82) is 0 Å². The third-order valence-corrected chi connectivity index (χ3v) is 4.29. The number of carbonyl (C=O) groups excluding carboxylic acids is 1. The van der Waals surface area contributed by atoms with Crippen LogP contribution in [0.25, 0.3) is 0 Å². The maximum absolute atomic E-state index is 12.1. The Bertz CT molecular complexity index is 743. The largest absolute Gasteiger partial charge is 0.493 e. The molecule has 0 spiro atoms. The molecule has 0 radical (unpaired) electrons. The van der Waals surface area contributed by atoms with Gasteiger partial charge in [0.1, 0.15) is 6.61 Å². The van der Waals surface area contributed by atoms with Crippen LogP contribution in [0.2, 0.25) is 5.02 Å². The van der Waals surface area contributed by atoms with Crippen LogP contribution in [-0.2, 0) is 11.3 Å². The number of hydrogen-bond donors (Lipinski definition) is 1. The zero-order chi connectivity index (χ0) is 18.4. The van der Waals surface area contributed by atoms with E-state index in [4.69, 9.17) is 30.3 Å². The quantitative estimate of drug-likeness (QED) is 0.794. The van der Waals surface area contributed by atoms with Gasteiger partial charge in [-0.15, -0.1) is 0 Å². The number of halogens is 1. The Morgan fingerprint density at radius 2 is 2.23 bits per heavy atom. The molecule has 0 bridgehead atoms. The summed E-state index contributed by atoms with van der Waals surface area (Å²) >= 11 is 5.92. The Hall–Kier alpha value is -2.25. The van der Waals surface area contributed by atoms with Gasteiger partial charge in [-0.3, -0.25) is 4.79 Å². The number of aromatic nitrogens is 1. The van der Waals surface area contributed by atoms with Gasteiger partial charge in [-0.1, -0.05) is 16.8 Å². The Morgan fingerprint density at radius 1 is 1.35 bits per heavy atom. The molecule has 1 N–H and O–H groups in total. The Morgan fingerprint density at radius 3 is 3.00 bits per heavy atom. The standard InChI is InChI=1S/C18H21ClN2O5/c1-23-17-8-12(19)5-6-16(17)25-11-14-9-15(21-26-14)18(22)20-10-13-4-2-3-7-24-13/h5-6,8-9,13H,2-4,7,10-11H2,1H3,(H,20,22). The van der Waals surface area contributed by atoms with Crippen molar-refractivity contribution in [3.8, 4) is 11.5 Å². The van der Waals surface area contributed by atoms with Crippen LogP contribution in [0.1, 0.15) is 35.5 Å². The molecule has 140 valence electrons. The highest BCUT2D eigenvalue weighted by atomic mass is 35.5. The highest BCUT2D eigenvalue weighted by Gasteiger charge is 2.18. The van der Waals surface area contributed by atoms with Crippen LogP contribution in [0.4, 0.5) is 0 Å². The molecule has 1 aliphatic rings. The normalized spacial score (nSPS) is 16.9. The molecule has 1 saturated heterocycles. The van der Waals surface area contributed by atoms with E-state index in [0.717, 1.165) is 25.9 Å². The van der Waals surface area contributed by atoms with Crippen molar-refractivity contribution < 1.29 is 23.5 Å². The molecule has 0 aliphatic carbocycles. The van der Waals surface area contributed by atoms with E-state index in [1.807, 2.05) is 0 Å². The summed E-state index contributed by atoms with van der Waals surface area (Å²) in [5.41, 5.74) is 0.211. The van der Waals surface area contributed by atoms with E-state index >= 15 is 0 Å². The van der Waals surface area contributed by atoms with E-state index in [0.29, 0.717) is 28.8 Å². The smallest absolute Gasteiger partial charge is 0.273 e. The highest BCUT2D eigenvalue weighted by molar-refractivity contribution is 6.30. The minimum atomic E-state index is -0.293.